The van der Waals surface area contributed by atoms with E-state index in [9.17, 15) is 20.4 Å². The lowest BCUT2D eigenvalue weighted by molar-refractivity contribution is 0.0127. The number of hydrogen-bond acceptors (Lipinski definition) is 6. The zero-order chi connectivity index (χ0) is 16.3. The lowest BCUT2D eigenvalue weighted by Crippen LogP contribution is -2.36. The zero-order valence-corrected chi connectivity index (χ0v) is 13.0. The van der Waals surface area contributed by atoms with Crippen LogP contribution < -0.4 is 10.1 Å². The molecule has 0 aliphatic heterocycles. The molecule has 0 fully saturated rings. The number of phenols is 1. The maximum atomic E-state index is 9.90. The van der Waals surface area contributed by atoms with E-state index in [1.54, 1.807) is 6.07 Å². The Morgan fingerprint density at radius 3 is 2.45 bits per heavy atom. The average molecular weight is 311 g/mol. The van der Waals surface area contributed by atoms with Crippen molar-refractivity contribution in [1.29, 1.82) is 0 Å². The number of rotatable bonds is 6. The third-order valence-corrected chi connectivity index (χ3v) is 3.83. The second-order valence-electron chi connectivity index (χ2n) is 6.11. The van der Waals surface area contributed by atoms with Gasteiger partial charge in [-0.05, 0) is 12.1 Å². The molecule has 0 radical (unpaired) electrons. The number of phenolic OH excluding ortho intramolecular Hbond substituents is 1. The van der Waals surface area contributed by atoms with Crippen LogP contribution in [0.1, 0.15) is 25.0 Å². The molecule has 124 valence electrons. The summed E-state index contributed by atoms with van der Waals surface area (Å²) in [5.41, 5.74) is 1.30. The summed E-state index contributed by atoms with van der Waals surface area (Å²) in [4.78, 5) is 0. The van der Waals surface area contributed by atoms with Crippen LogP contribution in [0.15, 0.2) is 12.1 Å². The summed E-state index contributed by atoms with van der Waals surface area (Å²) in [5.74, 6) is 0.623. The van der Waals surface area contributed by atoms with Gasteiger partial charge in [-0.3, -0.25) is 0 Å². The van der Waals surface area contributed by atoms with Gasteiger partial charge in [-0.15, -0.1) is 0 Å². The Morgan fingerprint density at radius 2 is 1.82 bits per heavy atom. The fourth-order valence-electron chi connectivity index (χ4n) is 2.55. The van der Waals surface area contributed by atoms with Crippen molar-refractivity contribution in [3.63, 3.8) is 0 Å². The van der Waals surface area contributed by atoms with Gasteiger partial charge in [0.25, 0.3) is 0 Å². The maximum Gasteiger partial charge on any atom is 0.123 e. The molecule has 1 aromatic carbocycles. The second-order valence-corrected chi connectivity index (χ2v) is 6.11. The van der Waals surface area contributed by atoms with Crippen molar-refractivity contribution < 1.29 is 25.2 Å². The molecule has 6 heteroatoms. The minimum Gasteiger partial charge on any atom is -0.508 e. The molecular formula is C16H25NO5. The number of benzene rings is 1. The van der Waals surface area contributed by atoms with Crippen molar-refractivity contribution in [1.82, 2.24) is 5.32 Å². The molecule has 0 bridgehead atoms. The molecule has 3 atom stereocenters. The Morgan fingerprint density at radius 1 is 1.18 bits per heavy atom. The first-order valence-corrected chi connectivity index (χ1v) is 7.62. The van der Waals surface area contributed by atoms with Gasteiger partial charge in [0.2, 0.25) is 0 Å². The number of hydrogen-bond donors (Lipinski definition) is 5. The van der Waals surface area contributed by atoms with E-state index in [2.05, 4.69) is 5.32 Å². The molecule has 1 aromatic rings. The average Bonchev–Trinajstić information content (AvgIpc) is 2.46. The predicted octanol–water partition coefficient (Wildman–Crippen LogP) is -0.0497. The second kappa shape index (κ2) is 7.28. The van der Waals surface area contributed by atoms with Crippen LogP contribution in [0.2, 0.25) is 0 Å². The van der Waals surface area contributed by atoms with E-state index in [0.29, 0.717) is 23.4 Å². The first-order chi connectivity index (χ1) is 10.4. The van der Waals surface area contributed by atoms with Crippen LogP contribution in [0.25, 0.3) is 0 Å². The van der Waals surface area contributed by atoms with Crippen molar-refractivity contribution >= 4 is 0 Å². The van der Waals surface area contributed by atoms with Crippen molar-refractivity contribution in [2.24, 2.45) is 0 Å². The highest BCUT2D eigenvalue weighted by Gasteiger charge is 2.29. The summed E-state index contributed by atoms with van der Waals surface area (Å²) >= 11 is 0. The molecule has 0 heterocycles. The predicted molar refractivity (Wildman–Crippen MR) is 82.2 cm³/mol. The molecule has 0 spiro atoms. The highest BCUT2D eigenvalue weighted by Crippen LogP contribution is 2.35. The molecule has 0 saturated heterocycles. The Bertz CT molecular complexity index is 506. The van der Waals surface area contributed by atoms with Crippen LogP contribution in [0.4, 0.5) is 0 Å². The Balaban J connectivity index is 2.05. The number of ether oxygens (including phenoxy) is 1. The van der Waals surface area contributed by atoms with Gasteiger partial charge in [0.15, 0.2) is 0 Å². The van der Waals surface area contributed by atoms with Crippen molar-refractivity contribution in [2.45, 2.75) is 51.0 Å². The number of aliphatic hydroxyl groups excluding tert-OH is 3. The quantitative estimate of drug-likeness (QED) is 0.505. The molecule has 1 aliphatic rings. The Kier molecular flexibility index (Phi) is 5.63. The molecule has 0 amide bonds. The largest absolute Gasteiger partial charge is 0.508 e. The first kappa shape index (κ1) is 17.0. The lowest BCUT2D eigenvalue weighted by atomic mass is 9.86. The molecule has 6 nitrogen and oxygen atoms in total. The van der Waals surface area contributed by atoms with E-state index in [0.717, 1.165) is 0 Å². The molecule has 0 aromatic heterocycles. The third-order valence-electron chi connectivity index (χ3n) is 3.83. The van der Waals surface area contributed by atoms with Crippen molar-refractivity contribution in [3.8, 4) is 11.5 Å². The Hall–Kier alpha value is -1.34. The molecule has 2 rings (SSSR count). The van der Waals surface area contributed by atoms with E-state index in [4.69, 9.17) is 4.74 Å². The van der Waals surface area contributed by atoms with Crippen LogP contribution in [0.5, 0.6) is 11.5 Å². The summed E-state index contributed by atoms with van der Waals surface area (Å²) in [5, 5.41) is 42.5. The molecule has 1 unspecified atom stereocenters. The van der Waals surface area contributed by atoms with E-state index in [1.807, 2.05) is 13.8 Å². The van der Waals surface area contributed by atoms with Gasteiger partial charge in [-0.25, -0.2) is 0 Å². The van der Waals surface area contributed by atoms with E-state index in [1.165, 1.54) is 6.07 Å². The van der Waals surface area contributed by atoms with Crippen LogP contribution in [-0.4, -0.2) is 57.9 Å². The van der Waals surface area contributed by atoms with Gasteiger partial charge in [-0.1, -0.05) is 13.8 Å². The van der Waals surface area contributed by atoms with Gasteiger partial charge in [-0.2, -0.15) is 0 Å². The first-order valence-electron chi connectivity index (χ1n) is 7.62. The van der Waals surface area contributed by atoms with Crippen LogP contribution in [0.3, 0.4) is 0 Å². The number of fused-ring (bicyclic) bond motifs is 1. The SMILES string of the molecule is CC(C)NCC(O)COc1ccc(O)c2c1C[C@@H](O)[C@@H](O)C2. The van der Waals surface area contributed by atoms with Crippen molar-refractivity contribution in [2.75, 3.05) is 13.2 Å². The molecule has 0 saturated carbocycles. The van der Waals surface area contributed by atoms with Crippen LogP contribution in [0, 0.1) is 0 Å². The maximum absolute atomic E-state index is 9.90. The van der Waals surface area contributed by atoms with Gasteiger partial charge in [0.05, 0.1) is 12.2 Å². The van der Waals surface area contributed by atoms with Gasteiger partial charge >= 0.3 is 0 Å². The topological polar surface area (TPSA) is 102 Å². The summed E-state index contributed by atoms with van der Waals surface area (Å²) in [6.07, 6.45) is -1.98. The van der Waals surface area contributed by atoms with Gasteiger partial charge in [0, 0.05) is 36.6 Å². The summed E-state index contributed by atoms with van der Waals surface area (Å²) in [6, 6.07) is 3.42. The molecule has 1 aliphatic carbocycles. The summed E-state index contributed by atoms with van der Waals surface area (Å²) < 4.78 is 5.64. The smallest absolute Gasteiger partial charge is 0.123 e. The fraction of sp³-hybridized carbons (Fsp3) is 0.625. The minimum absolute atomic E-state index is 0.0929. The van der Waals surface area contributed by atoms with E-state index < -0.39 is 18.3 Å². The normalized spacial score (nSPS) is 22.5. The van der Waals surface area contributed by atoms with E-state index >= 15 is 0 Å². The standard InChI is InChI=1S/C16H25NO5/c1-9(2)17-7-10(18)8-22-16-4-3-13(19)11-5-14(20)15(21)6-12(11)16/h3-4,9-10,14-15,17-21H,5-8H2,1-2H3/t10?,14-,15+/m0/s1. The summed E-state index contributed by atoms with van der Waals surface area (Å²) in [7, 11) is 0. The Labute approximate surface area is 130 Å². The third kappa shape index (κ3) is 4.10. The number of aromatic hydroxyl groups is 1. The van der Waals surface area contributed by atoms with Crippen molar-refractivity contribution in [3.05, 3.63) is 23.3 Å². The van der Waals surface area contributed by atoms with E-state index in [-0.39, 0.29) is 31.2 Å². The monoisotopic (exact) mass is 311 g/mol. The summed E-state index contributed by atoms with van der Waals surface area (Å²) in [6.45, 7) is 4.54. The lowest BCUT2D eigenvalue weighted by Gasteiger charge is -2.28. The minimum atomic E-state index is -0.880. The van der Waals surface area contributed by atoms with Gasteiger partial charge < -0.3 is 30.5 Å². The molecule has 22 heavy (non-hydrogen) atoms. The van der Waals surface area contributed by atoms with Crippen LogP contribution in [-0.2, 0) is 12.8 Å². The highest BCUT2D eigenvalue weighted by atomic mass is 16.5. The number of aliphatic hydroxyl groups is 3. The molecular weight excluding hydrogens is 286 g/mol. The van der Waals surface area contributed by atoms with Gasteiger partial charge in [0.1, 0.15) is 24.2 Å². The highest BCUT2D eigenvalue weighted by molar-refractivity contribution is 5.50. The number of nitrogens with one attached hydrogen (secondary N) is 1. The molecule has 5 N–H and O–H groups in total. The van der Waals surface area contributed by atoms with Crippen LogP contribution >= 0.6 is 0 Å². The zero-order valence-electron chi connectivity index (χ0n) is 13.0. The fourth-order valence-corrected chi connectivity index (χ4v) is 2.55.